The third kappa shape index (κ3) is 10.2. The molecule has 21 heavy (non-hydrogen) atoms. The van der Waals surface area contributed by atoms with E-state index in [0.29, 0.717) is 18.9 Å². The lowest BCUT2D eigenvalue weighted by atomic mass is 10.0. The number of nitrogens with zero attached hydrogens (tertiary/aromatic N) is 1. The third-order valence-corrected chi connectivity index (χ3v) is 3.65. The molecule has 0 aromatic heterocycles. The van der Waals surface area contributed by atoms with E-state index in [4.69, 9.17) is 5.11 Å². The summed E-state index contributed by atoms with van der Waals surface area (Å²) in [4.78, 5) is 24.5. The lowest BCUT2D eigenvalue weighted by Crippen LogP contribution is -2.44. The summed E-state index contributed by atoms with van der Waals surface area (Å²) in [6.45, 7) is 9.64. The molecule has 0 fully saturated rings. The van der Waals surface area contributed by atoms with Gasteiger partial charge in [0.25, 0.3) is 0 Å². The predicted molar refractivity (Wildman–Crippen MR) is 85.4 cm³/mol. The van der Waals surface area contributed by atoms with Gasteiger partial charge in [0, 0.05) is 25.6 Å². The van der Waals surface area contributed by atoms with Crippen LogP contribution in [0.3, 0.4) is 0 Å². The van der Waals surface area contributed by atoms with Crippen LogP contribution in [-0.4, -0.2) is 41.1 Å². The standard InChI is InChI=1S/C16H32N2O3/c1-5-6-7-12-18(13(2)3)16(21)17-11-10-14(4)8-9-15(19)20/h13-14H,5-12H2,1-4H3,(H,17,21)(H,19,20). The van der Waals surface area contributed by atoms with Crippen molar-refractivity contribution in [1.82, 2.24) is 10.2 Å². The summed E-state index contributed by atoms with van der Waals surface area (Å²) in [5.74, 6) is -0.443. The van der Waals surface area contributed by atoms with Crippen molar-refractivity contribution >= 4 is 12.0 Å². The number of amides is 2. The highest BCUT2D eigenvalue weighted by Crippen LogP contribution is 2.09. The fourth-order valence-corrected chi connectivity index (χ4v) is 2.17. The molecule has 124 valence electrons. The lowest BCUT2D eigenvalue weighted by molar-refractivity contribution is -0.137. The van der Waals surface area contributed by atoms with Gasteiger partial charge in [0.15, 0.2) is 0 Å². The van der Waals surface area contributed by atoms with Crippen molar-refractivity contribution in [2.24, 2.45) is 5.92 Å². The number of carbonyl (C=O) groups excluding carboxylic acids is 1. The third-order valence-electron chi connectivity index (χ3n) is 3.65. The van der Waals surface area contributed by atoms with Crippen LogP contribution in [0, 0.1) is 5.92 Å². The Hall–Kier alpha value is -1.26. The van der Waals surface area contributed by atoms with Gasteiger partial charge in [0.05, 0.1) is 0 Å². The van der Waals surface area contributed by atoms with E-state index in [9.17, 15) is 9.59 Å². The minimum atomic E-state index is -0.757. The second-order valence-electron chi connectivity index (χ2n) is 6.05. The van der Waals surface area contributed by atoms with Crippen LogP contribution in [-0.2, 0) is 4.79 Å². The molecule has 0 bridgehead atoms. The summed E-state index contributed by atoms with van der Waals surface area (Å²) in [7, 11) is 0. The van der Waals surface area contributed by atoms with Gasteiger partial charge in [-0.1, -0.05) is 26.7 Å². The molecule has 0 rings (SSSR count). The average molecular weight is 300 g/mol. The van der Waals surface area contributed by atoms with E-state index in [1.807, 2.05) is 25.7 Å². The first kappa shape index (κ1) is 19.7. The van der Waals surface area contributed by atoms with E-state index in [1.54, 1.807) is 0 Å². The number of carboxylic acid groups (broad SMARTS) is 1. The number of urea groups is 1. The fourth-order valence-electron chi connectivity index (χ4n) is 2.17. The topological polar surface area (TPSA) is 69.6 Å². The van der Waals surface area contributed by atoms with Gasteiger partial charge in [-0.05, 0) is 39.0 Å². The van der Waals surface area contributed by atoms with Crippen LogP contribution in [0.5, 0.6) is 0 Å². The molecule has 1 unspecified atom stereocenters. The minimum absolute atomic E-state index is 0.00784. The molecule has 0 heterocycles. The van der Waals surface area contributed by atoms with E-state index in [1.165, 1.54) is 0 Å². The van der Waals surface area contributed by atoms with Gasteiger partial charge in [-0.15, -0.1) is 0 Å². The molecule has 0 aromatic rings. The number of carboxylic acids is 1. The van der Waals surface area contributed by atoms with Gasteiger partial charge in [-0.25, -0.2) is 4.79 Å². The molecular weight excluding hydrogens is 268 g/mol. The first-order chi connectivity index (χ1) is 9.88. The van der Waals surface area contributed by atoms with E-state index in [2.05, 4.69) is 12.2 Å². The Bertz CT molecular complexity index is 306. The Labute approximate surface area is 129 Å². The second kappa shape index (κ2) is 11.4. The van der Waals surface area contributed by atoms with E-state index in [-0.39, 0.29) is 18.5 Å². The fraction of sp³-hybridized carbons (Fsp3) is 0.875. The maximum absolute atomic E-state index is 12.1. The number of aliphatic carboxylic acids is 1. The minimum Gasteiger partial charge on any atom is -0.481 e. The van der Waals surface area contributed by atoms with E-state index >= 15 is 0 Å². The maximum Gasteiger partial charge on any atom is 0.317 e. The molecular formula is C16H32N2O3. The molecule has 0 aliphatic heterocycles. The highest BCUT2D eigenvalue weighted by atomic mass is 16.4. The van der Waals surface area contributed by atoms with Crippen LogP contribution in [0.2, 0.25) is 0 Å². The monoisotopic (exact) mass is 300 g/mol. The van der Waals surface area contributed by atoms with Crippen molar-refractivity contribution in [2.45, 2.75) is 72.3 Å². The van der Waals surface area contributed by atoms with Crippen LogP contribution < -0.4 is 5.32 Å². The molecule has 0 saturated carbocycles. The van der Waals surface area contributed by atoms with Crippen molar-refractivity contribution < 1.29 is 14.7 Å². The predicted octanol–water partition coefficient (Wildman–Crippen LogP) is 3.49. The van der Waals surface area contributed by atoms with Crippen molar-refractivity contribution in [2.75, 3.05) is 13.1 Å². The number of unbranched alkanes of at least 4 members (excludes halogenated alkanes) is 2. The molecule has 0 aliphatic rings. The maximum atomic E-state index is 12.1. The zero-order valence-corrected chi connectivity index (χ0v) is 14.0. The van der Waals surface area contributed by atoms with Gasteiger partial charge in [-0.2, -0.15) is 0 Å². The summed E-state index contributed by atoms with van der Waals surface area (Å²) < 4.78 is 0. The van der Waals surface area contributed by atoms with Crippen LogP contribution >= 0.6 is 0 Å². The molecule has 0 saturated heterocycles. The number of nitrogens with one attached hydrogen (secondary N) is 1. The first-order valence-electron chi connectivity index (χ1n) is 8.14. The largest absolute Gasteiger partial charge is 0.481 e. The van der Waals surface area contributed by atoms with Gasteiger partial charge >= 0.3 is 12.0 Å². The number of hydrogen-bond donors (Lipinski definition) is 2. The summed E-state index contributed by atoms with van der Waals surface area (Å²) in [5.41, 5.74) is 0. The van der Waals surface area contributed by atoms with E-state index in [0.717, 1.165) is 32.2 Å². The van der Waals surface area contributed by atoms with E-state index < -0.39 is 5.97 Å². The average Bonchev–Trinajstić information content (AvgIpc) is 2.40. The van der Waals surface area contributed by atoms with Crippen LogP contribution in [0.25, 0.3) is 0 Å². The molecule has 0 radical (unpaired) electrons. The van der Waals surface area contributed by atoms with Crippen LogP contribution in [0.15, 0.2) is 0 Å². The molecule has 0 aliphatic carbocycles. The van der Waals surface area contributed by atoms with Gasteiger partial charge in [0.1, 0.15) is 0 Å². The molecule has 5 nitrogen and oxygen atoms in total. The van der Waals surface area contributed by atoms with Crippen molar-refractivity contribution in [3.8, 4) is 0 Å². The Balaban J connectivity index is 3.99. The number of rotatable bonds is 11. The Morgan fingerprint density at radius 2 is 1.81 bits per heavy atom. The lowest BCUT2D eigenvalue weighted by Gasteiger charge is -2.27. The molecule has 0 aromatic carbocycles. The van der Waals surface area contributed by atoms with Gasteiger partial charge in [-0.3, -0.25) is 4.79 Å². The highest BCUT2D eigenvalue weighted by Gasteiger charge is 2.16. The number of hydrogen-bond acceptors (Lipinski definition) is 2. The summed E-state index contributed by atoms with van der Waals surface area (Å²) in [5, 5.41) is 11.6. The number of carbonyl (C=O) groups is 2. The summed E-state index contributed by atoms with van der Waals surface area (Å²) in [6.07, 6.45) is 5.01. The Morgan fingerprint density at radius 1 is 1.14 bits per heavy atom. The summed E-state index contributed by atoms with van der Waals surface area (Å²) in [6, 6.07) is 0.192. The quantitative estimate of drug-likeness (QED) is 0.574. The Morgan fingerprint density at radius 3 is 2.33 bits per heavy atom. The van der Waals surface area contributed by atoms with Gasteiger partial charge < -0.3 is 15.3 Å². The first-order valence-corrected chi connectivity index (χ1v) is 8.14. The molecule has 0 spiro atoms. The zero-order chi connectivity index (χ0) is 16.3. The zero-order valence-electron chi connectivity index (χ0n) is 14.0. The van der Waals surface area contributed by atoms with Crippen LogP contribution in [0.1, 0.15) is 66.2 Å². The van der Waals surface area contributed by atoms with Gasteiger partial charge in [0.2, 0.25) is 0 Å². The Kier molecular flexibility index (Phi) is 10.7. The van der Waals surface area contributed by atoms with Crippen molar-refractivity contribution in [3.05, 3.63) is 0 Å². The SMILES string of the molecule is CCCCCN(C(=O)NCCC(C)CCC(=O)O)C(C)C. The van der Waals surface area contributed by atoms with Crippen LogP contribution in [0.4, 0.5) is 4.79 Å². The molecule has 1 atom stereocenters. The normalized spacial score (nSPS) is 12.2. The molecule has 2 amide bonds. The van der Waals surface area contributed by atoms with Crippen molar-refractivity contribution in [1.29, 1.82) is 0 Å². The second-order valence-corrected chi connectivity index (χ2v) is 6.05. The highest BCUT2D eigenvalue weighted by molar-refractivity contribution is 5.74. The van der Waals surface area contributed by atoms with Crippen molar-refractivity contribution in [3.63, 3.8) is 0 Å². The molecule has 5 heteroatoms. The summed E-state index contributed by atoms with van der Waals surface area (Å²) >= 11 is 0. The molecule has 2 N–H and O–H groups in total. The smallest absolute Gasteiger partial charge is 0.317 e.